The summed E-state index contributed by atoms with van der Waals surface area (Å²) in [7, 11) is -4.18. The number of aryl methyl sites for hydroxylation is 1. The number of aromatic nitrogens is 1. The summed E-state index contributed by atoms with van der Waals surface area (Å²) in [5.74, 6) is 0. The van der Waals surface area contributed by atoms with E-state index in [1.807, 2.05) is 0 Å². The molecule has 0 amide bonds. The Morgan fingerprint density at radius 2 is 1.76 bits per heavy atom. The van der Waals surface area contributed by atoms with Gasteiger partial charge in [-0.15, -0.1) is 0 Å². The fraction of sp³-hybridized carbons (Fsp3) is 0.125. The van der Waals surface area contributed by atoms with Crippen LogP contribution in [0.5, 0.6) is 0 Å². The van der Waals surface area contributed by atoms with Gasteiger partial charge in [-0.05, 0) is 25.1 Å². The predicted octanol–water partition coefficient (Wildman–Crippen LogP) is 4.03. The van der Waals surface area contributed by atoms with Crippen molar-refractivity contribution in [1.29, 1.82) is 0 Å². The van der Waals surface area contributed by atoms with Crippen LogP contribution in [0.25, 0.3) is 10.9 Å². The van der Waals surface area contributed by atoms with Gasteiger partial charge in [-0.3, -0.25) is 10.1 Å². The Labute approximate surface area is 141 Å². The summed E-state index contributed by atoms with van der Waals surface area (Å²) >= 11 is 0. The summed E-state index contributed by atoms with van der Waals surface area (Å²) in [6.45, 7) is 1.78. The number of hydrogen-bond donors (Lipinski definition) is 0. The molecule has 3 rings (SSSR count). The Bertz CT molecular complexity index is 1070. The fourth-order valence-corrected chi connectivity index (χ4v) is 3.98. The lowest BCUT2D eigenvalue weighted by molar-refractivity contribution is -0.383. The van der Waals surface area contributed by atoms with Gasteiger partial charge in [0.1, 0.15) is 0 Å². The second kappa shape index (κ2) is 5.92. The Morgan fingerprint density at radius 3 is 2.32 bits per heavy atom. The van der Waals surface area contributed by atoms with Crippen LogP contribution in [0, 0.1) is 17.0 Å². The molecule has 25 heavy (non-hydrogen) atoms. The van der Waals surface area contributed by atoms with Gasteiger partial charge >= 0.3 is 0 Å². The molecule has 130 valence electrons. The molecule has 1 aromatic heterocycles. The van der Waals surface area contributed by atoms with Crippen LogP contribution in [-0.4, -0.2) is 17.3 Å². The zero-order valence-electron chi connectivity index (χ0n) is 12.9. The lowest BCUT2D eigenvalue weighted by Gasteiger charge is -2.07. The van der Waals surface area contributed by atoms with E-state index in [9.17, 15) is 27.3 Å². The van der Waals surface area contributed by atoms with E-state index < -0.39 is 32.6 Å². The number of nitro groups is 1. The molecular formula is C16H12F2N2O4S. The van der Waals surface area contributed by atoms with Crippen molar-refractivity contribution in [3.05, 3.63) is 69.9 Å². The van der Waals surface area contributed by atoms with Gasteiger partial charge in [0.25, 0.3) is 22.1 Å². The topological polar surface area (TPSA) is 82.2 Å². The van der Waals surface area contributed by atoms with Crippen LogP contribution < -0.4 is 0 Å². The third kappa shape index (κ3) is 2.76. The highest BCUT2D eigenvalue weighted by molar-refractivity contribution is 7.90. The van der Waals surface area contributed by atoms with E-state index in [0.29, 0.717) is 3.97 Å². The van der Waals surface area contributed by atoms with Crippen molar-refractivity contribution >= 4 is 26.6 Å². The minimum atomic E-state index is -4.18. The standard InChI is InChI=1S/C16H12F2N2O4S/c1-10-5-7-11(8-6-10)25(23,24)19-9-12(16(17)18)15-13(19)3-2-4-14(15)20(21)22/h2-9,16H,1H3. The number of rotatable bonds is 4. The molecule has 9 heteroatoms. The Hall–Kier alpha value is -2.81. The summed E-state index contributed by atoms with van der Waals surface area (Å²) < 4.78 is 53.0. The van der Waals surface area contributed by atoms with Gasteiger partial charge < -0.3 is 0 Å². The maximum absolute atomic E-state index is 13.4. The molecule has 0 aliphatic heterocycles. The third-order valence-electron chi connectivity index (χ3n) is 3.81. The van der Waals surface area contributed by atoms with Gasteiger partial charge in [0.15, 0.2) is 0 Å². The monoisotopic (exact) mass is 366 g/mol. The van der Waals surface area contributed by atoms with Crippen LogP contribution in [0.4, 0.5) is 14.5 Å². The van der Waals surface area contributed by atoms with Crippen LogP contribution in [0.1, 0.15) is 17.6 Å². The number of hydrogen-bond acceptors (Lipinski definition) is 4. The van der Waals surface area contributed by atoms with Crippen LogP contribution in [0.3, 0.4) is 0 Å². The van der Waals surface area contributed by atoms with Crippen molar-refractivity contribution in [1.82, 2.24) is 3.97 Å². The van der Waals surface area contributed by atoms with E-state index in [1.165, 1.54) is 24.3 Å². The predicted molar refractivity (Wildman–Crippen MR) is 87.3 cm³/mol. The maximum Gasteiger partial charge on any atom is 0.279 e. The first kappa shape index (κ1) is 17.0. The van der Waals surface area contributed by atoms with Gasteiger partial charge in [-0.25, -0.2) is 21.2 Å². The number of nitro benzene ring substituents is 1. The summed E-state index contributed by atoms with van der Waals surface area (Å²) in [4.78, 5) is 10.3. The molecule has 2 aromatic carbocycles. The molecule has 3 aromatic rings. The van der Waals surface area contributed by atoms with Gasteiger partial charge in [-0.2, -0.15) is 0 Å². The molecule has 6 nitrogen and oxygen atoms in total. The highest BCUT2D eigenvalue weighted by Gasteiger charge is 2.28. The first-order valence-corrected chi connectivity index (χ1v) is 8.56. The molecule has 0 unspecified atom stereocenters. The van der Waals surface area contributed by atoms with Crippen molar-refractivity contribution in [2.75, 3.05) is 0 Å². The van der Waals surface area contributed by atoms with Gasteiger partial charge in [-0.1, -0.05) is 23.8 Å². The first-order valence-electron chi connectivity index (χ1n) is 7.12. The smallest absolute Gasteiger partial charge is 0.258 e. The van der Waals surface area contributed by atoms with Crippen LogP contribution in [0.2, 0.25) is 0 Å². The SMILES string of the molecule is Cc1ccc(S(=O)(=O)n2cc(C(F)F)c3c([N+](=O)[O-])cccc32)cc1. The number of benzene rings is 2. The average molecular weight is 366 g/mol. The highest BCUT2D eigenvalue weighted by Crippen LogP contribution is 2.37. The second-order valence-electron chi connectivity index (χ2n) is 5.43. The number of alkyl halides is 2. The zero-order chi connectivity index (χ0) is 18.4. The molecule has 1 heterocycles. The third-order valence-corrected chi connectivity index (χ3v) is 5.50. The normalized spacial score (nSPS) is 12.0. The van der Waals surface area contributed by atoms with Crippen molar-refractivity contribution in [2.24, 2.45) is 0 Å². The summed E-state index contributed by atoms with van der Waals surface area (Å²) in [5, 5.41) is 10.8. The number of nitrogens with zero attached hydrogens (tertiary/aromatic N) is 2. The molecule has 0 spiro atoms. The van der Waals surface area contributed by atoms with Gasteiger partial charge in [0.2, 0.25) is 0 Å². The zero-order valence-corrected chi connectivity index (χ0v) is 13.7. The maximum atomic E-state index is 13.4. The number of fused-ring (bicyclic) bond motifs is 1. The van der Waals surface area contributed by atoms with Crippen LogP contribution in [-0.2, 0) is 10.0 Å². The summed E-state index contributed by atoms with van der Waals surface area (Å²) in [6, 6.07) is 9.46. The molecule has 0 atom stereocenters. The van der Waals surface area contributed by atoms with Crippen molar-refractivity contribution in [2.45, 2.75) is 18.2 Å². The molecule has 0 N–H and O–H groups in total. The molecule has 0 saturated carbocycles. The molecule has 0 aliphatic rings. The fourth-order valence-electron chi connectivity index (χ4n) is 2.61. The van der Waals surface area contributed by atoms with E-state index in [1.54, 1.807) is 19.1 Å². The molecule has 0 saturated heterocycles. The lowest BCUT2D eigenvalue weighted by atomic mass is 10.1. The molecule has 0 aliphatic carbocycles. The number of halogens is 2. The van der Waals surface area contributed by atoms with E-state index in [4.69, 9.17) is 0 Å². The minimum absolute atomic E-state index is 0.0951. The van der Waals surface area contributed by atoms with Crippen LogP contribution in [0.15, 0.2) is 53.6 Å². The minimum Gasteiger partial charge on any atom is -0.258 e. The van der Waals surface area contributed by atoms with Crippen molar-refractivity contribution in [3.8, 4) is 0 Å². The summed E-state index contributed by atoms with van der Waals surface area (Å²) in [5.41, 5.74) is -0.589. The highest BCUT2D eigenvalue weighted by atomic mass is 32.2. The summed E-state index contributed by atoms with van der Waals surface area (Å²) in [6.07, 6.45) is -2.31. The molecule has 0 bridgehead atoms. The average Bonchev–Trinajstić information content (AvgIpc) is 2.95. The largest absolute Gasteiger partial charge is 0.279 e. The lowest BCUT2D eigenvalue weighted by Crippen LogP contribution is -2.11. The van der Waals surface area contributed by atoms with Crippen LogP contribution >= 0.6 is 0 Å². The quantitative estimate of drug-likeness (QED) is 0.515. The van der Waals surface area contributed by atoms with E-state index in [2.05, 4.69) is 0 Å². The van der Waals surface area contributed by atoms with E-state index >= 15 is 0 Å². The molecular weight excluding hydrogens is 354 g/mol. The first-order chi connectivity index (χ1) is 11.7. The molecule has 0 radical (unpaired) electrons. The second-order valence-corrected chi connectivity index (χ2v) is 7.24. The van der Waals surface area contributed by atoms with Crippen molar-refractivity contribution in [3.63, 3.8) is 0 Å². The Kier molecular flexibility index (Phi) is 4.03. The number of non-ortho nitro benzene ring substituents is 1. The Morgan fingerprint density at radius 1 is 1.12 bits per heavy atom. The van der Waals surface area contributed by atoms with Gasteiger partial charge in [0.05, 0.1) is 26.3 Å². The Balaban J connectivity index is 2.36. The van der Waals surface area contributed by atoms with Gasteiger partial charge in [0, 0.05) is 12.3 Å². The molecule has 0 fully saturated rings. The van der Waals surface area contributed by atoms with E-state index in [0.717, 1.165) is 17.8 Å². The van der Waals surface area contributed by atoms with Crippen molar-refractivity contribution < 1.29 is 22.1 Å². The van der Waals surface area contributed by atoms with E-state index in [-0.39, 0.29) is 15.8 Å².